The molecule has 2 aliphatic rings. The van der Waals surface area contributed by atoms with Crippen LogP contribution in [0.25, 0.3) is 21.9 Å². The minimum Gasteiger partial charge on any atom is -0.314 e. The van der Waals surface area contributed by atoms with Gasteiger partial charge in [0.15, 0.2) is 0 Å². The van der Waals surface area contributed by atoms with Gasteiger partial charge in [-0.25, -0.2) is 0 Å². The Morgan fingerprint density at radius 2 is 1.15 bits per heavy atom. The first-order chi connectivity index (χ1) is 20.2. The van der Waals surface area contributed by atoms with E-state index in [-0.39, 0.29) is 0 Å². The van der Waals surface area contributed by atoms with E-state index >= 15 is 4.57 Å². The quantitative estimate of drug-likeness (QED) is 0.204. The van der Waals surface area contributed by atoms with Gasteiger partial charge in [0.2, 0.25) is 0 Å². The number of fused-ring (bicyclic) bond motifs is 8. The molecule has 0 aromatic heterocycles. The Labute approximate surface area is 241 Å². The summed E-state index contributed by atoms with van der Waals surface area (Å²) in [7, 11) is -2.97. The summed E-state index contributed by atoms with van der Waals surface area (Å²) in [5, 5.41) is 4.27. The SMILES string of the molecule is CCP1(=O)c2ccccc2C2=C(c3ccccc3C2(c2ccccc2)c2ccccc2)c2c1ccc1ccccc21. The minimum absolute atomic E-state index is 0.571. The number of benzene rings is 6. The van der Waals surface area contributed by atoms with Crippen LogP contribution in [0.2, 0.25) is 0 Å². The fourth-order valence-corrected chi connectivity index (χ4v) is 10.3. The van der Waals surface area contributed by atoms with Gasteiger partial charge in [-0.3, -0.25) is 0 Å². The third-order valence-corrected chi connectivity index (χ3v) is 12.4. The highest BCUT2D eigenvalue weighted by atomic mass is 31.2. The summed E-state index contributed by atoms with van der Waals surface area (Å²) in [6.07, 6.45) is 0.571. The third-order valence-electron chi connectivity index (χ3n) is 9.19. The molecule has 0 spiro atoms. The van der Waals surface area contributed by atoms with Crippen LogP contribution in [0.4, 0.5) is 0 Å². The zero-order chi connectivity index (χ0) is 27.6. The van der Waals surface area contributed by atoms with E-state index in [0.717, 1.165) is 27.1 Å². The fraction of sp³-hybridized carbons (Fsp3) is 0.0769. The van der Waals surface area contributed by atoms with E-state index in [4.69, 9.17) is 0 Å². The smallest absolute Gasteiger partial charge is 0.144 e. The molecule has 2 heteroatoms. The summed E-state index contributed by atoms with van der Waals surface area (Å²) in [6, 6.07) is 52.1. The molecule has 41 heavy (non-hydrogen) atoms. The highest BCUT2D eigenvalue weighted by Gasteiger charge is 2.52. The van der Waals surface area contributed by atoms with Gasteiger partial charge in [0.1, 0.15) is 7.14 Å². The number of rotatable bonds is 3. The fourth-order valence-electron chi connectivity index (χ4n) is 7.52. The molecule has 0 saturated heterocycles. The van der Waals surface area contributed by atoms with Crippen LogP contribution in [0, 0.1) is 0 Å². The predicted molar refractivity (Wildman–Crippen MR) is 173 cm³/mol. The molecule has 0 fully saturated rings. The van der Waals surface area contributed by atoms with Crippen molar-refractivity contribution in [3.05, 3.63) is 179 Å². The molecule has 0 saturated carbocycles. The summed E-state index contributed by atoms with van der Waals surface area (Å²) in [6.45, 7) is 2.09. The highest BCUT2D eigenvalue weighted by molar-refractivity contribution is 7.79. The Bertz CT molecular complexity index is 2010. The average molecular weight is 545 g/mol. The lowest BCUT2D eigenvalue weighted by atomic mass is 9.65. The maximum Gasteiger partial charge on any atom is 0.144 e. The van der Waals surface area contributed by atoms with Crippen LogP contribution in [0.15, 0.2) is 146 Å². The lowest BCUT2D eigenvalue weighted by Gasteiger charge is -2.36. The van der Waals surface area contributed by atoms with Gasteiger partial charge < -0.3 is 4.57 Å². The van der Waals surface area contributed by atoms with Gasteiger partial charge in [-0.1, -0.05) is 146 Å². The van der Waals surface area contributed by atoms with Crippen molar-refractivity contribution >= 4 is 39.7 Å². The van der Waals surface area contributed by atoms with Crippen molar-refractivity contribution in [2.75, 3.05) is 6.16 Å². The molecule has 1 nitrogen and oxygen atoms in total. The van der Waals surface area contributed by atoms with E-state index in [9.17, 15) is 0 Å². The van der Waals surface area contributed by atoms with Crippen LogP contribution in [0.1, 0.15) is 40.3 Å². The molecule has 6 aromatic rings. The Morgan fingerprint density at radius 1 is 0.561 bits per heavy atom. The summed E-state index contributed by atoms with van der Waals surface area (Å²) in [5.74, 6) is 0. The first-order valence-corrected chi connectivity index (χ1v) is 16.3. The number of hydrogen-bond donors (Lipinski definition) is 0. The molecule has 1 aliphatic heterocycles. The Balaban J connectivity index is 1.69. The third kappa shape index (κ3) is 3.16. The second kappa shape index (κ2) is 9.03. The van der Waals surface area contributed by atoms with Crippen molar-refractivity contribution in [2.24, 2.45) is 0 Å². The molecule has 1 atom stereocenters. The predicted octanol–water partition coefficient (Wildman–Crippen LogP) is 8.79. The first kappa shape index (κ1) is 24.4. The van der Waals surface area contributed by atoms with Crippen LogP contribution < -0.4 is 10.6 Å². The van der Waals surface area contributed by atoms with Crippen molar-refractivity contribution < 1.29 is 4.57 Å². The molecular weight excluding hydrogens is 515 g/mol. The maximum absolute atomic E-state index is 15.5. The van der Waals surface area contributed by atoms with E-state index in [2.05, 4.69) is 153 Å². The zero-order valence-electron chi connectivity index (χ0n) is 22.9. The van der Waals surface area contributed by atoms with E-state index in [1.54, 1.807) is 0 Å². The van der Waals surface area contributed by atoms with Gasteiger partial charge in [0.25, 0.3) is 0 Å². The van der Waals surface area contributed by atoms with E-state index in [1.807, 2.05) is 0 Å². The van der Waals surface area contributed by atoms with Crippen LogP contribution in [-0.2, 0) is 9.98 Å². The molecular formula is C39H29OP. The standard InChI is InChI=1S/C39H29OP/c1-2-41(40)34-24-14-12-22-32(34)38-37(36-30-20-10-9-15-27(30)25-26-35(36)41)31-21-11-13-23-33(31)39(38,28-16-5-3-6-17-28)29-18-7-4-8-19-29/h3-26H,2H2,1H3. The monoisotopic (exact) mass is 544 g/mol. The van der Waals surface area contributed by atoms with Crippen molar-refractivity contribution in [1.29, 1.82) is 0 Å². The molecule has 1 unspecified atom stereocenters. The Morgan fingerprint density at radius 3 is 1.85 bits per heavy atom. The summed E-state index contributed by atoms with van der Waals surface area (Å²) in [5.41, 5.74) is 8.99. The van der Waals surface area contributed by atoms with E-state index in [0.29, 0.717) is 6.16 Å². The van der Waals surface area contributed by atoms with Crippen LogP contribution in [0.3, 0.4) is 0 Å². The Hall–Kier alpha value is -4.45. The molecule has 0 N–H and O–H groups in total. The van der Waals surface area contributed by atoms with Crippen LogP contribution >= 0.6 is 7.14 Å². The highest BCUT2D eigenvalue weighted by Crippen LogP contribution is 2.63. The normalized spacial score (nSPS) is 18.3. The topological polar surface area (TPSA) is 17.1 Å². The molecule has 0 radical (unpaired) electrons. The number of hydrogen-bond acceptors (Lipinski definition) is 1. The molecule has 1 heterocycles. The van der Waals surface area contributed by atoms with Gasteiger partial charge in [-0.2, -0.15) is 0 Å². The van der Waals surface area contributed by atoms with Crippen LogP contribution in [-0.4, -0.2) is 6.16 Å². The number of allylic oxidation sites excluding steroid dienone is 1. The molecule has 8 rings (SSSR count). The first-order valence-electron chi connectivity index (χ1n) is 14.4. The van der Waals surface area contributed by atoms with Gasteiger partial charge in [-0.05, 0) is 55.8 Å². The van der Waals surface area contributed by atoms with Crippen molar-refractivity contribution in [3.63, 3.8) is 0 Å². The van der Waals surface area contributed by atoms with Gasteiger partial charge in [0.05, 0.1) is 5.41 Å². The summed E-state index contributed by atoms with van der Waals surface area (Å²) < 4.78 is 15.5. The molecule has 6 aromatic carbocycles. The molecule has 1 aliphatic carbocycles. The van der Waals surface area contributed by atoms with Crippen LogP contribution in [0.5, 0.6) is 0 Å². The van der Waals surface area contributed by atoms with Crippen molar-refractivity contribution in [2.45, 2.75) is 12.3 Å². The maximum atomic E-state index is 15.5. The second-order valence-corrected chi connectivity index (χ2v) is 14.1. The molecule has 0 bridgehead atoms. The largest absolute Gasteiger partial charge is 0.314 e. The van der Waals surface area contributed by atoms with E-state index in [1.165, 1.54) is 38.8 Å². The lowest BCUT2D eigenvalue weighted by Crippen LogP contribution is -2.31. The second-order valence-electron chi connectivity index (χ2n) is 11.0. The van der Waals surface area contributed by atoms with Gasteiger partial charge in [0, 0.05) is 22.3 Å². The Kier molecular flexibility index (Phi) is 5.36. The molecule has 0 amide bonds. The summed E-state index contributed by atoms with van der Waals surface area (Å²) >= 11 is 0. The minimum atomic E-state index is -2.97. The van der Waals surface area contributed by atoms with Gasteiger partial charge in [-0.15, -0.1) is 0 Å². The summed E-state index contributed by atoms with van der Waals surface area (Å²) in [4.78, 5) is 0. The lowest BCUT2D eigenvalue weighted by molar-refractivity contribution is 0.587. The van der Waals surface area contributed by atoms with Gasteiger partial charge >= 0.3 is 0 Å². The molecule has 196 valence electrons. The zero-order valence-corrected chi connectivity index (χ0v) is 23.8. The average Bonchev–Trinajstić information content (AvgIpc) is 3.31. The van der Waals surface area contributed by atoms with E-state index < -0.39 is 12.6 Å². The van der Waals surface area contributed by atoms with Crippen molar-refractivity contribution in [3.8, 4) is 0 Å². The van der Waals surface area contributed by atoms with Crippen molar-refractivity contribution in [1.82, 2.24) is 0 Å².